The number of hydrogen-bond donors (Lipinski definition) is 1. The summed E-state index contributed by atoms with van der Waals surface area (Å²) < 4.78 is 29.5. The van der Waals surface area contributed by atoms with Crippen LogP contribution in [0.2, 0.25) is 5.02 Å². The van der Waals surface area contributed by atoms with Crippen molar-refractivity contribution < 1.29 is 23.3 Å². The maximum atomic E-state index is 14.5. The molecule has 4 fully saturated rings. The summed E-state index contributed by atoms with van der Waals surface area (Å²) >= 11 is 6.52. The Balaban J connectivity index is 1.07. The SMILES string of the molecule is C=S1(=O)NC(=O)c2ccc3c(c2)N(C[C@@H]2CC[C@H]2[C@@]2(CCC[C@H](C)[C@H]1C)C[C@@H]2C(=O)N1CCN2CCOC[C@H]2C1)C[C@@]1(CCCc2cc(Cl)ccc21)CO3. The minimum atomic E-state index is -2.94. The van der Waals surface area contributed by atoms with Gasteiger partial charge in [0.15, 0.2) is 0 Å². The molecule has 54 heavy (non-hydrogen) atoms. The van der Waals surface area contributed by atoms with E-state index in [4.69, 9.17) is 21.1 Å². The summed E-state index contributed by atoms with van der Waals surface area (Å²) in [5.74, 6) is 5.90. The average Bonchev–Trinajstić information content (AvgIpc) is 3.89. The molecule has 2 bridgehead atoms. The van der Waals surface area contributed by atoms with Gasteiger partial charge in [0, 0.05) is 66.4 Å². The molecule has 2 aromatic rings. The molecule has 4 heterocycles. The van der Waals surface area contributed by atoms with Crippen LogP contribution in [0, 0.1) is 29.1 Å². The van der Waals surface area contributed by atoms with Gasteiger partial charge >= 0.3 is 0 Å². The lowest BCUT2D eigenvalue weighted by atomic mass is 9.62. The molecule has 9 rings (SSSR count). The number of rotatable bonds is 1. The Kier molecular flexibility index (Phi) is 9.54. The first-order chi connectivity index (χ1) is 26.0. The molecule has 0 aromatic heterocycles. The molecule has 2 aromatic carbocycles. The normalized spacial score (nSPS) is 38.2. The first kappa shape index (κ1) is 36.8. The van der Waals surface area contributed by atoms with Crippen LogP contribution in [0.5, 0.6) is 5.75 Å². The summed E-state index contributed by atoms with van der Waals surface area (Å²) in [6.45, 7) is 11.2. The van der Waals surface area contributed by atoms with E-state index in [1.807, 2.05) is 25.1 Å². The highest BCUT2D eigenvalue weighted by Crippen LogP contribution is 2.68. The number of anilines is 1. The number of nitrogens with zero attached hydrogens (tertiary/aromatic N) is 3. The minimum Gasteiger partial charge on any atom is -0.490 e. The second-order valence-corrected chi connectivity index (χ2v) is 20.8. The highest BCUT2D eigenvalue weighted by atomic mass is 35.5. The molecule has 1 N–H and O–H groups in total. The molecular weight excluding hydrogens is 720 g/mol. The van der Waals surface area contributed by atoms with Crippen molar-refractivity contribution in [1.82, 2.24) is 14.5 Å². The van der Waals surface area contributed by atoms with Crippen LogP contribution in [0.1, 0.15) is 86.7 Å². The zero-order valence-electron chi connectivity index (χ0n) is 32.0. The summed E-state index contributed by atoms with van der Waals surface area (Å²) in [7, 11) is -2.94. The van der Waals surface area contributed by atoms with Gasteiger partial charge in [-0.25, -0.2) is 4.21 Å². The fourth-order valence-corrected chi connectivity index (χ4v) is 13.1. The van der Waals surface area contributed by atoms with Crippen LogP contribution in [0.4, 0.5) is 5.69 Å². The van der Waals surface area contributed by atoms with Gasteiger partial charge in [-0.15, -0.1) is 0 Å². The van der Waals surface area contributed by atoms with Gasteiger partial charge < -0.3 is 19.3 Å². The number of hydrogen-bond acceptors (Lipinski definition) is 7. The predicted octanol–water partition coefficient (Wildman–Crippen LogP) is 5.96. The molecule has 1 unspecified atom stereocenters. The summed E-state index contributed by atoms with van der Waals surface area (Å²) in [6.07, 6.45) is 9.16. The zero-order chi connectivity index (χ0) is 37.4. The van der Waals surface area contributed by atoms with Gasteiger partial charge in [0.1, 0.15) is 5.75 Å². The van der Waals surface area contributed by atoms with Crippen molar-refractivity contribution >= 4 is 44.7 Å². The number of fused-ring (bicyclic) bond motifs is 6. The molecule has 2 saturated heterocycles. The topological polar surface area (TPSA) is 91.4 Å². The largest absolute Gasteiger partial charge is 0.490 e. The molecule has 292 valence electrons. The summed E-state index contributed by atoms with van der Waals surface area (Å²) in [5, 5.41) is 0.466. The van der Waals surface area contributed by atoms with E-state index in [9.17, 15) is 13.8 Å². The van der Waals surface area contributed by atoms with Crippen LogP contribution in [0.25, 0.3) is 0 Å². The Labute approximate surface area is 326 Å². The van der Waals surface area contributed by atoms with Crippen LogP contribution in [0.15, 0.2) is 36.4 Å². The van der Waals surface area contributed by atoms with E-state index in [0.717, 1.165) is 120 Å². The van der Waals surface area contributed by atoms with Crippen molar-refractivity contribution in [3.63, 3.8) is 0 Å². The lowest BCUT2D eigenvalue weighted by Crippen LogP contribution is -2.59. The molecular formula is C43H57ClN4O5S. The third kappa shape index (κ3) is 6.45. The molecule has 4 aliphatic heterocycles. The monoisotopic (exact) mass is 776 g/mol. The first-order valence-electron chi connectivity index (χ1n) is 20.6. The number of amides is 2. The standard InChI is InChI=1S/C43H57ClN4O5S/c1-28-6-4-15-43(22-37(43)41(50)47-17-16-46-18-19-52-25-34(46)24-47)36-11-8-32(36)23-48-26-42(14-5-7-30-20-33(44)10-12-35(30)42)27-53-39-13-9-31(21-38(39)48)40(49)45-54(3,51)29(28)2/h9-10,12-13,20-21,28-29,32,34,36-37H,3-8,11,14-19,22-27H2,1-2H3,(H,45,49,51)/t28-,29+,32-,34+,36+,37+,42-,43+,54?/m0/s1. The van der Waals surface area contributed by atoms with Gasteiger partial charge in [-0.05, 0) is 129 Å². The number of ether oxygens (including phenoxy) is 2. The molecule has 9 nitrogen and oxygen atoms in total. The molecule has 11 heteroatoms. The van der Waals surface area contributed by atoms with Crippen molar-refractivity contribution in [2.75, 3.05) is 64.0 Å². The van der Waals surface area contributed by atoms with Gasteiger partial charge in [-0.3, -0.25) is 19.2 Å². The number of carbonyl (C=O) groups is 2. The maximum absolute atomic E-state index is 14.5. The van der Waals surface area contributed by atoms with Crippen LogP contribution >= 0.6 is 11.6 Å². The number of benzene rings is 2. The third-order valence-electron chi connectivity index (χ3n) is 15.0. The Hall–Kier alpha value is -2.79. The minimum absolute atomic E-state index is 0.0147. The predicted molar refractivity (Wildman–Crippen MR) is 215 cm³/mol. The molecule has 7 aliphatic rings. The number of morpholine rings is 1. The van der Waals surface area contributed by atoms with Gasteiger partial charge in [0.05, 0.1) is 41.3 Å². The smallest absolute Gasteiger partial charge is 0.262 e. The Morgan fingerprint density at radius 1 is 1.04 bits per heavy atom. The van der Waals surface area contributed by atoms with Gasteiger partial charge in [-0.1, -0.05) is 31.0 Å². The van der Waals surface area contributed by atoms with Gasteiger partial charge in [0.25, 0.3) is 5.91 Å². The van der Waals surface area contributed by atoms with E-state index in [0.29, 0.717) is 42.6 Å². The Morgan fingerprint density at radius 3 is 2.74 bits per heavy atom. The van der Waals surface area contributed by atoms with Crippen LogP contribution < -0.4 is 14.4 Å². The summed E-state index contributed by atoms with van der Waals surface area (Å²) in [6, 6.07) is 12.3. The first-order valence-corrected chi connectivity index (χ1v) is 22.7. The van der Waals surface area contributed by atoms with Crippen molar-refractivity contribution in [1.29, 1.82) is 0 Å². The molecule has 9 atom stereocenters. The lowest BCUT2D eigenvalue weighted by molar-refractivity contribution is -0.140. The van der Waals surface area contributed by atoms with Crippen molar-refractivity contribution in [3.05, 3.63) is 58.1 Å². The van der Waals surface area contributed by atoms with Crippen molar-refractivity contribution in [2.45, 2.75) is 88.3 Å². The summed E-state index contributed by atoms with van der Waals surface area (Å²) in [4.78, 5) is 35.5. The number of halogens is 1. The second-order valence-electron chi connectivity index (χ2n) is 18.0. The van der Waals surface area contributed by atoms with Gasteiger partial charge in [-0.2, -0.15) is 0 Å². The average molecular weight is 777 g/mol. The molecule has 0 radical (unpaired) electrons. The number of piperazine rings is 1. The van der Waals surface area contributed by atoms with E-state index in [1.165, 1.54) is 11.1 Å². The lowest BCUT2D eigenvalue weighted by Gasteiger charge is -2.48. The van der Waals surface area contributed by atoms with E-state index in [-0.39, 0.29) is 33.8 Å². The second kappa shape index (κ2) is 14.0. The fraction of sp³-hybridized carbons (Fsp3) is 0.651. The van der Waals surface area contributed by atoms with Crippen molar-refractivity contribution in [3.8, 4) is 5.75 Å². The molecule has 2 saturated carbocycles. The van der Waals surface area contributed by atoms with Crippen LogP contribution in [0.3, 0.4) is 0 Å². The molecule has 3 aliphatic carbocycles. The molecule has 2 amide bonds. The number of carbonyl (C=O) groups excluding carboxylic acids is 2. The fourth-order valence-electron chi connectivity index (χ4n) is 11.4. The maximum Gasteiger partial charge on any atom is 0.262 e. The van der Waals surface area contributed by atoms with E-state index >= 15 is 0 Å². The zero-order valence-corrected chi connectivity index (χ0v) is 33.6. The number of aryl methyl sites for hydroxylation is 1. The van der Waals surface area contributed by atoms with E-state index in [2.05, 4.69) is 44.3 Å². The highest BCUT2D eigenvalue weighted by molar-refractivity contribution is 7.99. The quantitative estimate of drug-likeness (QED) is 0.358. The Bertz CT molecular complexity index is 1920. The summed E-state index contributed by atoms with van der Waals surface area (Å²) in [5.41, 5.74) is 3.75. The number of nitrogens with one attached hydrogen (secondary N) is 1. The third-order valence-corrected chi connectivity index (χ3v) is 17.5. The highest BCUT2D eigenvalue weighted by Gasteiger charge is 2.65. The van der Waals surface area contributed by atoms with E-state index in [1.54, 1.807) is 6.07 Å². The van der Waals surface area contributed by atoms with Crippen LogP contribution in [-0.2, 0) is 31.1 Å². The van der Waals surface area contributed by atoms with Crippen LogP contribution in [-0.4, -0.2) is 102 Å². The van der Waals surface area contributed by atoms with E-state index < -0.39 is 9.71 Å². The molecule has 2 spiro atoms. The van der Waals surface area contributed by atoms with Crippen molar-refractivity contribution in [2.24, 2.45) is 29.1 Å². The van der Waals surface area contributed by atoms with Gasteiger partial charge in [0.2, 0.25) is 5.91 Å². The Morgan fingerprint density at radius 2 is 1.91 bits per heavy atom.